The second-order valence-corrected chi connectivity index (χ2v) is 4.20. The van der Waals surface area contributed by atoms with Crippen LogP contribution in [-0.2, 0) is 0 Å². The van der Waals surface area contributed by atoms with Gasteiger partial charge in [0.05, 0.1) is 11.5 Å². The number of halogens is 2. The van der Waals surface area contributed by atoms with Crippen LogP contribution in [-0.4, -0.2) is 11.8 Å². The van der Waals surface area contributed by atoms with E-state index < -0.39 is 29.0 Å². The van der Waals surface area contributed by atoms with E-state index in [4.69, 9.17) is 0 Å². The van der Waals surface area contributed by atoms with Crippen molar-refractivity contribution < 1.29 is 23.5 Å². The third kappa shape index (κ3) is 3.39. The highest BCUT2D eigenvalue weighted by Crippen LogP contribution is 2.14. The molecule has 0 bridgehead atoms. The maximum absolute atomic E-state index is 13.4. The highest BCUT2D eigenvalue weighted by molar-refractivity contribution is 6.07. The summed E-state index contributed by atoms with van der Waals surface area (Å²) in [6.07, 6.45) is 2.36. The Morgan fingerprint density at radius 1 is 0.952 bits per heavy atom. The van der Waals surface area contributed by atoms with Crippen molar-refractivity contribution in [1.82, 2.24) is 0 Å². The van der Waals surface area contributed by atoms with Crippen molar-refractivity contribution in [1.29, 1.82) is 0 Å². The average molecular weight is 287 g/mol. The molecule has 3 nitrogen and oxygen atoms in total. The van der Waals surface area contributed by atoms with E-state index in [1.54, 1.807) is 0 Å². The monoisotopic (exact) mass is 287 g/mol. The van der Waals surface area contributed by atoms with Crippen LogP contribution in [0.4, 0.5) is 8.78 Å². The Kier molecular flexibility index (Phi) is 4.23. The van der Waals surface area contributed by atoms with Crippen molar-refractivity contribution in [2.24, 2.45) is 0 Å². The van der Waals surface area contributed by atoms with Crippen molar-refractivity contribution in [2.45, 2.75) is 0 Å². The molecule has 5 heteroatoms. The molecule has 0 aliphatic heterocycles. The summed E-state index contributed by atoms with van der Waals surface area (Å²) in [5, 5.41) is 10.6. The van der Waals surface area contributed by atoms with Gasteiger partial charge in [-0.15, -0.1) is 0 Å². The summed E-state index contributed by atoms with van der Waals surface area (Å²) >= 11 is 0. The van der Waals surface area contributed by atoms with Crippen molar-refractivity contribution >= 4 is 17.8 Å². The molecular formula is C16H9F2O3-. The molecule has 0 atom stereocenters. The van der Waals surface area contributed by atoms with Crippen molar-refractivity contribution in [2.75, 3.05) is 0 Å². The summed E-state index contributed by atoms with van der Waals surface area (Å²) in [7, 11) is 0. The van der Waals surface area contributed by atoms with E-state index in [1.807, 2.05) is 0 Å². The Balaban J connectivity index is 2.21. The zero-order valence-electron chi connectivity index (χ0n) is 10.7. The van der Waals surface area contributed by atoms with Gasteiger partial charge in [0.15, 0.2) is 5.78 Å². The fourth-order valence-electron chi connectivity index (χ4n) is 1.72. The summed E-state index contributed by atoms with van der Waals surface area (Å²) in [4.78, 5) is 22.3. The fraction of sp³-hybridized carbons (Fsp3) is 0. The van der Waals surface area contributed by atoms with Crippen LogP contribution in [0.2, 0.25) is 0 Å². The molecule has 0 radical (unpaired) electrons. The van der Waals surface area contributed by atoms with Gasteiger partial charge in [0, 0.05) is 0 Å². The molecule has 2 aromatic carbocycles. The van der Waals surface area contributed by atoms with E-state index in [1.165, 1.54) is 36.4 Å². The van der Waals surface area contributed by atoms with Gasteiger partial charge in [-0.25, -0.2) is 8.78 Å². The van der Waals surface area contributed by atoms with Crippen LogP contribution >= 0.6 is 0 Å². The summed E-state index contributed by atoms with van der Waals surface area (Å²) in [5.74, 6) is -3.99. The van der Waals surface area contributed by atoms with Crippen LogP contribution in [0.5, 0.6) is 0 Å². The average Bonchev–Trinajstić information content (AvgIpc) is 2.45. The first-order valence-corrected chi connectivity index (χ1v) is 5.97. The molecule has 0 aliphatic rings. The minimum Gasteiger partial charge on any atom is -0.545 e. The summed E-state index contributed by atoms with van der Waals surface area (Å²) in [5.41, 5.74) is -0.108. The van der Waals surface area contributed by atoms with Gasteiger partial charge in [-0.2, -0.15) is 0 Å². The van der Waals surface area contributed by atoms with E-state index in [-0.39, 0.29) is 5.56 Å². The van der Waals surface area contributed by atoms with E-state index in [0.717, 1.165) is 18.2 Å². The van der Waals surface area contributed by atoms with Crippen LogP contribution in [0, 0.1) is 11.6 Å². The zero-order valence-corrected chi connectivity index (χ0v) is 10.7. The largest absolute Gasteiger partial charge is 0.545 e. The van der Waals surface area contributed by atoms with Gasteiger partial charge in [0.25, 0.3) is 0 Å². The van der Waals surface area contributed by atoms with Gasteiger partial charge in [-0.3, -0.25) is 4.79 Å². The van der Waals surface area contributed by atoms with Gasteiger partial charge < -0.3 is 9.90 Å². The third-order valence-electron chi connectivity index (χ3n) is 2.78. The van der Waals surface area contributed by atoms with E-state index >= 15 is 0 Å². The highest BCUT2D eigenvalue weighted by Gasteiger charge is 2.14. The number of carboxylic acid groups (broad SMARTS) is 1. The van der Waals surface area contributed by atoms with E-state index in [0.29, 0.717) is 5.56 Å². The molecule has 0 heterocycles. The molecule has 106 valence electrons. The first kappa shape index (κ1) is 14.6. The number of carboxylic acids is 1. The number of carbonyl (C=O) groups excluding carboxylic acids is 2. The van der Waals surface area contributed by atoms with Crippen LogP contribution in [0.3, 0.4) is 0 Å². The van der Waals surface area contributed by atoms with Crippen molar-refractivity contribution in [3.8, 4) is 0 Å². The number of hydrogen-bond acceptors (Lipinski definition) is 3. The van der Waals surface area contributed by atoms with Crippen LogP contribution < -0.4 is 5.11 Å². The standard InChI is InChI=1S/C16H10F2O3/c17-12-2-1-3-13(18)15(12)14(19)9-6-10-4-7-11(8-5-10)16(20)21/h1-9H,(H,20,21)/p-1/b9-6+. The Morgan fingerprint density at radius 3 is 2.05 bits per heavy atom. The van der Waals surface area contributed by atoms with Crippen LogP contribution in [0.1, 0.15) is 26.3 Å². The molecule has 0 saturated heterocycles. The molecule has 21 heavy (non-hydrogen) atoms. The predicted molar refractivity (Wildman–Crippen MR) is 70.5 cm³/mol. The van der Waals surface area contributed by atoms with Gasteiger partial charge >= 0.3 is 0 Å². The van der Waals surface area contributed by atoms with Crippen LogP contribution in [0.15, 0.2) is 48.5 Å². The lowest BCUT2D eigenvalue weighted by atomic mass is 10.1. The number of rotatable bonds is 4. The zero-order chi connectivity index (χ0) is 15.4. The van der Waals surface area contributed by atoms with E-state index in [2.05, 4.69) is 0 Å². The quantitative estimate of drug-likeness (QED) is 0.640. The topological polar surface area (TPSA) is 57.2 Å². The third-order valence-corrected chi connectivity index (χ3v) is 2.78. The van der Waals surface area contributed by atoms with Crippen LogP contribution in [0.25, 0.3) is 6.08 Å². The SMILES string of the molecule is O=C([O-])c1ccc(/C=C/C(=O)c2c(F)cccc2F)cc1. The minimum atomic E-state index is -1.31. The van der Waals surface area contributed by atoms with Crippen molar-refractivity contribution in [3.63, 3.8) is 0 Å². The summed E-state index contributed by atoms with van der Waals surface area (Å²) in [6.45, 7) is 0. The lowest BCUT2D eigenvalue weighted by molar-refractivity contribution is -0.255. The molecule has 0 aromatic heterocycles. The maximum atomic E-state index is 13.4. The molecule has 0 unspecified atom stereocenters. The van der Waals surface area contributed by atoms with E-state index in [9.17, 15) is 23.5 Å². The normalized spacial score (nSPS) is 10.8. The molecule has 0 saturated carbocycles. The number of benzene rings is 2. The highest BCUT2D eigenvalue weighted by atomic mass is 19.1. The number of aromatic carboxylic acids is 1. The molecule has 0 aliphatic carbocycles. The Labute approximate surface area is 119 Å². The smallest absolute Gasteiger partial charge is 0.191 e. The predicted octanol–water partition coefficient (Wildman–Crippen LogP) is 2.22. The lowest BCUT2D eigenvalue weighted by Crippen LogP contribution is -2.21. The molecule has 0 fully saturated rings. The molecule has 0 spiro atoms. The van der Waals surface area contributed by atoms with Crippen molar-refractivity contribution in [3.05, 3.63) is 76.9 Å². The Morgan fingerprint density at radius 2 is 1.52 bits per heavy atom. The Bertz CT molecular complexity index is 699. The number of ketones is 1. The van der Waals surface area contributed by atoms with Gasteiger partial charge in [-0.05, 0) is 29.3 Å². The maximum Gasteiger partial charge on any atom is 0.191 e. The minimum absolute atomic E-state index is 0.00127. The molecule has 0 N–H and O–H groups in total. The molecule has 0 amide bonds. The van der Waals surface area contributed by atoms with Gasteiger partial charge in [0.1, 0.15) is 11.6 Å². The number of allylic oxidation sites excluding steroid dienone is 1. The summed E-state index contributed by atoms with van der Waals surface area (Å²) < 4.78 is 26.8. The second-order valence-electron chi connectivity index (χ2n) is 4.20. The van der Waals surface area contributed by atoms with Gasteiger partial charge in [0.2, 0.25) is 0 Å². The molecule has 2 aromatic rings. The fourth-order valence-corrected chi connectivity index (χ4v) is 1.72. The van der Waals surface area contributed by atoms with Gasteiger partial charge in [-0.1, -0.05) is 36.4 Å². The number of carbonyl (C=O) groups is 2. The first-order valence-electron chi connectivity index (χ1n) is 5.97. The summed E-state index contributed by atoms with van der Waals surface area (Å²) in [6, 6.07) is 8.69. The second kappa shape index (κ2) is 6.09. The molecular weight excluding hydrogens is 278 g/mol. The molecule has 2 rings (SSSR count). The number of hydrogen-bond donors (Lipinski definition) is 0. The lowest BCUT2D eigenvalue weighted by Gasteiger charge is -2.02. The first-order chi connectivity index (χ1) is 9.99. The Hall–Kier alpha value is -2.82.